The fourth-order valence-corrected chi connectivity index (χ4v) is 3.53. The van der Waals surface area contributed by atoms with Gasteiger partial charge in [0, 0.05) is 20.1 Å². The van der Waals surface area contributed by atoms with Crippen molar-refractivity contribution in [3.63, 3.8) is 0 Å². The average Bonchev–Trinajstić information content (AvgIpc) is 2.68. The minimum Gasteiger partial charge on any atom is -0.340 e. The Morgan fingerprint density at radius 1 is 1.17 bits per heavy atom. The van der Waals surface area contributed by atoms with E-state index in [0.29, 0.717) is 13.1 Å². The van der Waals surface area contributed by atoms with Crippen LogP contribution in [0.4, 0.5) is 5.95 Å². The Labute approximate surface area is 106 Å². The molecule has 5 nitrogen and oxygen atoms in total. The van der Waals surface area contributed by atoms with Gasteiger partial charge in [-0.2, -0.15) is 0 Å². The van der Waals surface area contributed by atoms with Crippen molar-refractivity contribution >= 4 is 26.8 Å². The van der Waals surface area contributed by atoms with E-state index in [-0.39, 0.29) is 11.5 Å². The van der Waals surface area contributed by atoms with Crippen LogP contribution in [0, 0.1) is 0 Å². The number of hydrogen-bond acceptors (Lipinski definition) is 4. The molecule has 0 aliphatic carbocycles. The predicted octanol–water partition coefficient (Wildman–Crippen LogP) is 0.808. The van der Waals surface area contributed by atoms with E-state index in [1.54, 1.807) is 0 Å². The lowest BCUT2D eigenvalue weighted by Gasteiger charge is -2.27. The van der Waals surface area contributed by atoms with Crippen LogP contribution in [0.3, 0.4) is 0 Å². The van der Waals surface area contributed by atoms with Crippen LogP contribution >= 0.6 is 0 Å². The number of benzene rings is 1. The van der Waals surface area contributed by atoms with Crippen LogP contribution < -0.4 is 4.90 Å². The first kappa shape index (κ1) is 11.5. The molecule has 0 amide bonds. The molecule has 0 N–H and O–H groups in total. The summed E-state index contributed by atoms with van der Waals surface area (Å²) in [5.41, 5.74) is 2.02. The Morgan fingerprint density at radius 2 is 1.83 bits per heavy atom. The van der Waals surface area contributed by atoms with Crippen molar-refractivity contribution in [1.29, 1.82) is 0 Å². The SMILES string of the molecule is Cn1c(N2CCS(=O)(=O)CC2)nc2ccccc21. The fraction of sp³-hybridized carbons (Fsp3) is 0.417. The van der Waals surface area contributed by atoms with Gasteiger partial charge in [-0.25, -0.2) is 13.4 Å². The van der Waals surface area contributed by atoms with E-state index >= 15 is 0 Å². The molecule has 18 heavy (non-hydrogen) atoms. The summed E-state index contributed by atoms with van der Waals surface area (Å²) in [6.07, 6.45) is 0. The number of fused-ring (bicyclic) bond motifs is 1. The fourth-order valence-electron chi connectivity index (χ4n) is 2.33. The maximum atomic E-state index is 11.4. The van der Waals surface area contributed by atoms with Crippen LogP contribution in [0.5, 0.6) is 0 Å². The summed E-state index contributed by atoms with van der Waals surface area (Å²) in [5, 5.41) is 0. The number of para-hydroxylation sites is 2. The normalized spacial score (nSPS) is 19.3. The third kappa shape index (κ3) is 1.86. The van der Waals surface area contributed by atoms with Crippen molar-refractivity contribution < 1.29 is 8.42 Å². The zero-order valence-corrected chi connectivity index (χ0v) is 11.0. The van der Waals surface area contributed by atoms with Gasteiger partial charge in [0.05, 0.1) is 22.5 Å². The molecule has 96 valence electrons. The zero-order chi connectivity index (χ0) is 12.8. The Morgan fingerprint density at radius 3 is 2.50 bits per heavy atom. The summed E-state index contributed by atoms with van der Waals surface area (Å²) in [6, 6.07) is 7.93. The number of hydrogen-bond donors (Lipinski definition) is 0. The maximum Gasteiger partial charge on any atom is 0.206 e. The molecule has 1 saturated heterocycles. The summed E-state index contributed by atoms with van der Waals surface area (Å²) >= 11 is 0. The molecule has 0 unspecified atom stereocenters. The van der Waals surface area contributed by atoms with E-state index in [9.17, 15) is 8.42 Å². The van der Waals surface area contributed by atoms with Crippen molar-refractivity contribution in [2.75, 3.05) is 29.5 Å². The summed E-state index contributed by atoms with van der Waals surface area (Å²) < 4.78 is 24.9. The molecular formula is C12H15N3O2S. The Balaban J connectivity index is 1.98. The molecule has 0 atom stereocenters. The van der Waals surface area contributed by atoms with Crippen molar-refractivity contribution in [2.24, 2.45) is 7.05 Å². The molecule has 1 aromatic heterocycles. The van der Waals surface area contributed by atoms with Crippen molar-refractivity contribution in [3.8, 4) is 0 Å². The van der Waals surface area contributed by atoms with E-state index in [1.807, 2.05) is 40.8 Å². The van der Waals surface area contributed by atoms with E-state index in [0.717, 1.165) is 17.0 Å². The number of aromatic nitrogens is 2. The molecule has 0 radical (unpaired) electrons. The van der Waals surface area contributed by atoms with Crippen molar-refractivity contribution in [1.82, 2.24) is 9.55 Å². The predicted molar refractivity (Wildman–Crippen MR) is 71.6 cm³/mol. The number of aryl methyl sites for hydroxylation is 1. The molecule has 1 aliphatic rings. The van der Waals surface area contributed by atoms with E-state index in [4.69, 9.17) is 0 Å². The van der Waals surface area contributed by atoms with Gasteiger partial charge in [-0.05, 0) is 12.1 Å². The van der Waals surface area contributed by atoms with Crippen LogP contribution in [0.2, 0.25) is 0 Å². The number of imidazole rings is 1. The summed E-state index contributed by atoms with van der Waals surface area (Å²) in [7, 11) is -0.879. The number of rotatable bonds is 1. The van der Waals surface area contributed by atoms with Gasteiger partial charge in [0.15, 0.2) is 9.84 Å². The van der Waals surface area contributed by atoms with Gasteiger partial charge in [-0.1, -0.05) is 12.1 Å². The third-order valence-electron chi connectivity index (χ3n) is 3.39. The highest BCUT2D eigenvalue weighted by molar-refractivity contribution is 7.91. The van der Waals surface area contributed by atoms with Crippen LogP contribution in [0.1, 0.15) is 0 Å². The molecule has 0 saturated carbocycles. The summed E-state index contributed by atoms with van der Waals surface area (Å²) in [5.74, 6) is 1.29. The van der Waals surface area contributed by atoms with Crippen molar-refractivity contribution in [2.45, 2.75) is 0 Å². The number of nitrogens with zero attached hydrogens (tertiary/aromatic N) is 3. The maximum absolute atomic E-state index is 11.4. The van der Waals surface area contributed by atoms with E-state index in [1.165, 1.54) is 0 Å². The first-order valence-corrected chi connectivity index (χ1v) is 7.76. The lowest BCUT2D eigenvalue weighted by atomic mass is 10.3. The molecular weight excluding hydrogens is 250 g/mol. The van der Waals surface area contributed by atoms with Crippen molar-refractivity contribution in [3.05, 3.63) is 24.3 Å². The third-order valence-corrected chi connectivity index (χ3v) is 5.00. The second kappa shape index (κ2) is 3.98. The average molecular weight is 265 g/mol. The van der Waals surface area contributed by atoms with Crippen LogP contribution in [0.25, 0.3) is 11.0 Å². The van der Waals surface area contributed by atoms with Crippen LogP contribution in [-0.4, -0.2) is 42.6 Å². The van der Waals surface area contributed by atoms with Gasteiger partial charge in [-0.3, -0.25) is 0 Å². The lowest BCUT2D eigenvalue weighted by molar-refractivity contribution is 0.585. The zero-order valence-electron chi connectivity index (χ0n) is 10.2. The Kier molecular flexibility index (Phi) is 2.55. The first-order valence-electron chi connectivity index (χ1n) is 5.94. The van der Waals surface area contributed by atoms with Gasteiger partial charge in [0.25, 0.3) is 0 Å². The summed E-state index contributed by atoms with van der Waals surface area (Å²) in [4.78, 5) is 6.62. The molecule has 2 aromatic rings. The molecule has 1 aliphatic heterocycles. The second-order valence-corrected chi connectivity index (χ2v) is 6.90. The Hall–Kier alpha value is -1.56. The second-order valence-electron chi connectivity index (χ2n) is 4.60. The quantitative estimate of drug-likeness (QED) is 0.765. The highest BCUT2D eigenvalue weighted by atomic mass is 32.2. The largest absolute Gasteiger partial charge is 0.340 e. The molecule has 1 aromatic carbocycles. The highest BCUT2D eigenvalue weighted by Gasteiger charge is 2.24. The Bertz CT molecular complexity index is 676. The van der Waals surface area contributed by atoms with E-state index < -0.39 is 9.84 Å². The van der Waals surface area contributed by atoms with Gasteiger partial charge in [0.1, 0.15) is 0 Å². The molecule has 0 spiro atoms. The summed E-state index contributed by atoms with van der Waals surface area (Å²) in [6.45, 7) is 1.05. The lowest BCUT2D eigenvalue weighted by Crippen LogP contribution is -2.41. The highest BCUT2D eigenvalue weighted by Crippen LogP contribution is 2.22. The minimum absolute atomic E-state index is 0.218. The standard InChI is InChI=1S/C12H15N3O2S/c1-14-11-5-3-2-4-10(11)13-12(14)15-6-8-18(16,17)9-7-15/h2-5H,6-9H2,1H3. The number of anilines is 1. The topological polar surface area (TPSA) is 55.2 Å². The van der Waals surface area contributed by atoms with Gasteiger partial charge in [0.2, 0.25) is 5.95 Å². The minimum atomic E-state index is -2.85. The molecule has 6 heteroatoms. The first-order chi connectivity index (χ1) is 8.57. The molecule has 0 bridgehead atoms. The molecule has 3 rings (SSSR count). The van der Waals surface area contributed by atoms with E-state index in [2.05, 4.69) is 4.98 Å². The number of sulfone groups is 1. The van der Waals surface area contributed by atoms with Crippen LogP contribution in [-0.2, 0) is 16.9 Å². The molecule has 1 fully saturated rings. The van der Waals surface area contributed by atoms with Gasteiger partial charge < -0.3 is 9.47 Å². The van der Waals surface area contributed by atoms with Gasteiger partial charge >= 0.3 is 0 Å². The molecule has 2 heterocycles. The smallest absolute Gasteiger partial charge is 0.206 e. The van der Waals surface area contributed by atoms with Crippen LogP contribution in [0.15, 0.2) is 24.3 Å². The monoisotopic (exact) mass is 265 g/mol. The van der Waals surface area contributed by atoms with Gasteiger partial charge in [-0.15, -0.1) is 0 Å².